The van der Waals surface area contributed by atoms with E-state index in [1.807, 2.05) is 30.3 Å². The molecule has 2 aromatic rings. The Morgan fingerprint density at radius 3 is 2.44 bits per heavy atom. The zero-order valence-electron chi connectivity index (χ0n) is 15.1. The summed E-state index contributed by atoms with van der Waals surface area (Å²) in [5.41, 5.74) is 1.89. The number of hydrogen-bond acceptors (Lipinski definition) is 4. The first-order valence-corrected chi connectivity index (χ1v) is 9.00. The van der Waals surface area contributed by atoms with Crippen LogP contribution in [0.5, 0.6) is 11.5 Å². The van der Waals surface area contributed by atoms with Crippen LogP contribution in [0, 0.1) is 0 Å². The summed E-state index contributed by atoms with van der Waals surface area (Å²) in [6.07, 6.45) is 1.48. The third kappa shape index (κ3) is 6.17. The van der Waals surface area contributed by atoms with Gasteiger partial charge < -0.3 is 19.5 Å². The van der Waals surface area contributed by atoms with Gasteiger partial charge in [-0.1, -0.05) is 59.6 Å². The van der Waals surface area contributed by atoms with Gasteiger partial charge in [0.05, 0.1) is 33.0 Å². The maximum absolute atomic E-state index is 12.7. The summed E-state index contributed by atoms with van der Waals surface area (Å²) in [7, 11) is 2.97. The molecule has 0 aliphatic carbocycles. The van der Waals surface area contributed by atoms with Crippen LogP contribution in [0.1, 0.15) is 21.5 Å². The molecule has 0 radical (unpaired) electrons. The minimum Gasteiger partial charge on any atom is -0.493 e. The van der Waals surface area contributed by atoms with Gasteiger partial charge in [0.1, 0.15) is 4.49 Å². The van der Waals surface area contributed by atoms with E-state index in [4.69, 9.17) is 37.4 Å². The smallest absolute Gasteiger partial charge is 0.255 e. The molecule has 0 fully saturated rings. The maximum Gasteiger partial charge on any atom is 0.255 e. The number of rotatable bonds is 9. The molecule has 0 unspecified atom stereocenters. The van der Waals surface area contributed by atoms with Crippen LogP contribution in [0.4, 0.5) is 0 Å². The van der Waals surface area contributed by atoms with Gasteiger partial charge in [-0.2, -0.15) is 0 Å². The van der Waals surface area contributed by atoms with Crippen molar-refractivity contribution in [3.63, 3.8) is 0 Å². The molecule has 0 bridgehead atoms. The molecule has 2 rings (SSSR count). The van der Waals surface area contributed by atoms with Crippen LogP contribution in [-0.2, 0) is 11.3 Å². The van der Waals surface area contributed by atoms with E-state index in [0.29, 0.717) is 42.4 Å². The van der Waals surface area contributed by atoms with E-state index >= 15 is 0 Å². The molecule has 1 amide bonds. The number of benzene rings is 2. The van der Waals surface area contributed by atoms with Gasteiger partial charge in [0.15, 0.2) is 11.5 Å². The first-order valence-electron chi connectivity index (χ1n) is 8.24. The Labute approximate surface area is 168 Å². The number of ether oxygens (including phenoxy) is 3. The van der Waals surface area contributed by atoms with Crippen LogP contribution in [0.25, 0.3) is 6.08 Å². The van der Waals surface area contributed by atoms with E-state index in [-0.39, 0.29) is 10.4 Å². The fourth-order valence-electron chi connectivity index (χ4n) is 2.50. The van der Waals surface area contributed by atoms with Gasteiger partial charge in [-0.15, -0.1) is 0 Å². The highest BCUT2D eigenvalue weighted by molar-refractivity contribution is 6.57. The van der Waals surface area contributed by atoms with Crippen molar-refractivity contribution in [1.82, 2.24) is 5.32 Å². The molecule has 0 spiro atoms. The summed E-state index contributed by atoms with van der Waals surface area (Å²) in [5.74, 6) is 0.407. The highest BCUT2D eigenvalue weighted by Gasteiger charge is 2.20. The first kappa shape index (κ1) is 21.1. The summed E-state index contributed by atoms with van der Waals surface area (Å²) >= 11 is 11.5. The predicted molar refractivity (Wildman–Crippen MR) is 108 cm³/mol. The zero-order valence-corrected chi connectivity index (χ0v) is 16.6. The average Bonchev–Trinajstić information content (AvgIpc) is 2.67. The lowest BCUT2D eigenvalue weighted by atomic mass is 10.0. The predicted octanol–water partition coefficient (Wildman–Crippen LogP) is 4.43. The van der Waals surface area contributed by atoms with Crippen molar-refractivity contribution in [1.29, 1.82) is 0 Å². The molecule has 0 heterocycles. The second kappa shape index (κ2) is 10.8. The van der Waals surface area contributed by atoms with Crippen molar-refractivity contribution in [3.8, 4) is 11.5 Å². The third-order valence-electron chi connectivity index (χ3n) is 3.71. The Bertz CT molecular complexity index is 790. The van der Waals surface area contributed by atoms with E-state index in [2.05, 4.69) is 5.32 Å². The fraction of sp³-hybridized carbons (Fsp3) is 0.250. The maximum atomic E-state index is 12.7. The van der Waals surface area contributed by atoms with Gasteiger partial charge >= 0.3 is 0 Å². The molecule has 1 N–H and O–H groups in total. The lowest BCUT2D eigenvalue weighted by Crippen LogP contribution is -2.28. The van der Waals surface area contributed by atoms with Crippen molar-refractivity contribution in [2.24, 2.45) is 0 Å². The molecular weight excluding hydrogens is 389 g/mol. The molecule has 5 nitrogen and oxygen atoms in total. The summed E-state index contributed by atoms with van der Waals surface area (Å²) < 4.78 is 16.2. The van der Waals surface area contributed by atoms with Gasteiger partial charge in [0, 0.05) is 6.54 Å². The summed E-state index contributed by atoms with van der Waals surface area (Å²) in [6, 6.07) is 13.2. The number of amides is 1. The van der Waals surface area contributed by atoms with Crippen LogP contribution >= 0.6 is 23.2 Å². The number of carbonyl (C=O) groups is 1. The number of hydrogen-bond donors (Lipinski definition) is 1. The first-order chi connectivity index (χ1) is 13.1. The van der Waals surface area contributed by atoms with E-state index in [1.54, 1.807) is 12.1 Å². The minimum atomic E-state index is -0.338. The van der Waals surface area contributed by atoms with Crippen molar-refractivity contribution in [2.45, 2.75) is 6.61 Å². The SMILES string of the molecule is COc1ccc(C=C(Cl)Cl)c(C(=O)NCCOCc2ccccc2)c1OC. The molecule has 0 aliphatic rings. The normalized spacial score (nSPS) is 10.2. The van der Waals surface area contributed by atoms with E-state index in [1.165, 1.54) is 20.3 Å². The number of nitrogens with one attached hydrogen (secondary N) is 1. The zero-order chi connectivity index (χ0) is 19.6. The van der Waals surface area contributed by atoms with E-state index in [0.717, 1.165) is 5.56 Å². The molecule has 144 valence electrons. The van der Waals surface area contributed by atoms with Crippen LogP contribution in [0.3, 0.4) is 0 Å². The highest BCUT2D eigenvalue weighted by Crippen LogP contribution is 2.35. The molecule has 0 saturated heterocycles. The van der Waals surface area contributed by atoms with Crippen molar-refractivity contribution < 1.29 is 19.0 Å². The molecule has 27 heavy (non-hydrogen) atoms. The van der Waals surface area contributed by atoms with Gasteiger partial charge in [-0.3, -0.25) is 4.79 Å². The van der Waals surface area contributed by atoms with Gasteiger partial charge in [0.25, 0.3) is 5.91 Å². The Morgan fingerprint density at radius 1 is 1.07 bits per heavy atom. The van der Waals surface area contributed by atoms with Crippen molar-refractivity contribution in [2.75, 3.05) is 27.4 Å². The molecule has 7 heteroatoms. The minimum absolute atomic E-state index is 0.0301. The summed E-state index contributed by atoms with van der Waals surface area (Å²) in [5, 5.41) is 2.81. The Hall–Kier alpha value is -2.21. The lowest BCUT2D eigenvalue weighted by Gasteiger charge is -2.15. The number of carbonyl (C=O) groups excluding carboxylic acids is 1. The molecular formula is C20H21Cl2NO4. The van der Waals surface area contributed by atoms with Crippen molar-refractivity contribution >= 4 is 35.2 Å². The third-order valence-corrected chi connectivity index (χ3v) is 3.93. The fourth-order valence-corrected chi connectivity index (χ4v) is 2.74. The lowest BCUT2D eigenvalue weighted by molar-refractivity contribution is 0.0897. The molecule has 0 saturated carbocycles. The number of methoxy groups -OCH3 is 2. The van der Waals surface area contributed by atoms with E-state index < -0.39 is 0 Å². The average molecular weight is 410 g/mol. The Morgan fingerprint density at radius 2 is 1.81 bits per heavy atom. The summed E-state index contributed by atoms with van der Waals surface area (Å²) in [6.45, 7) is 1.19. The van der Waals surface area contributed by atoms with Crippen LogP contribution in [-0.4, -0.2) is 33.3 Å². The Kier molecular flexibility index (Phi) is 8.45. The standard InChI is InChI=1S/C20H21Cl2NO4/c1-25-16-9-8-15(12-17(21)22)18(19(16)26-2)20(24)23-10-11-27-13-14-6-4-3-5-7-14/h3-9,12H,10-11,13H2,1-2H3,(H,23,24). The Balaban J connectivity index is 2.04. The second-order valence-electron chi connectivity index (χ2n) is 5.49. The quantitative estimate of drug-likeness (QED) is 0.622. The van der Waals surface area contributed by atoms with Crippen LogP contribution in [0.15, 0.2) is 47.0 Å². The van der Waals surface area contributed by atoms with Gasteiger partial charge in [0.2, 0.25) is 0 Å². The van der Waals surface area contributed by atoms with Gasteiger partial charge in [-0.25, -0.2) is 0 Å². The molecule has 0 atom stereocenters. The molecule has 0 aliphatic heterocycles. The highest BCUT2D eigenvalue weighted by atomic mass is 35.5. The van der Waals surface area contributed by atoms with Crippen molar-refractivity contribution in [3.05, 3.63) is 63.6 Å². The monoisotopic (exact) mass is 409 g/mol. The molecule has 2 aromatic carbocycles. The summed E-state index contributed by atoms with van der Waals surface area (Å²) in [4.78, 5) is 12.7. The van der Waals surface area contributed by atoms with Crippen LogP contribution in [0.2, 0.25) is 0 Å². The van der Waals surface area contributed by atoms with Gasteiger partial charge in [-0.05, 0) is 23.3 Å². The topological polar surface area (TPSA) is 56.8 Å². The largest absolute Gasteiger partial charge is 0.493 e. The number of halogens is 2. The second-order valence-corrected chi connectivity index (χ2v) is 6.50. The van der Waals surface area contributed by atoms with E-state index in [9.17, 15) is 4.79 Å². The molecule has 0 aromatic heterocycles. The van der Waals surface area contributed by atoms with Crippen LogP contribution < -0.4 is 14.8 Å².